The zero-order valence-corrected chi connectivity index (χ0v) is 11.5. The van der Waals surface area contributed by atoms with Gasteiger partial charge in [0, 0.05) is 37.0 Å². The topological polar surface area (TPSA) is 49.9 Å². The predicted octanol–water partition coefficient (Wildman–Crippen LogP) is 2.70. The first-order valence-electron chi connectivity index (χ1n) is 6.74. The van der Waals surface area contributed by atoms with Gasteiger partial charge in [0.25, 0.3) is 0 Å². The second-order valence-corrected chi connectivity index (χ2v) is 4.43. The summed E-state index contributed by atoms with van der Waals surface area (Å²) < 4.78 is 5.65. The van der Waals surface area contributed by atoms with Gasteiger partial charge in [-0.1, -0.05) is 18.2 Å². The van der Waals surface area contributed by atoms with Crippen molar-refractivity contribution in [3.05, 3.63) is 48.0 Å². The zero-order valence-electron chi connectivity index (χ0n) is 11.5. The lowest BCUT2D eigenvalue weighted by atomic mass is 10.1. The Kier molecular flexibility index (Phi) is 4.98. The van der Waals surface area contributed by atoms with E-state index < -0.39 is 0 Å². The molecule has 0 saturated carbocycles. The summed E-state index contributed by atoms with van der Waals surface area (Å²) in [7, 11) is 0. The van der Waals surface area contributed by atoms with Crippen LogP contribution in [0.4, 0.5) is 0 Å². The summed E-state index contributed by atoms with van der Waals surface area (Å²) >= 11 is 0. The molecule has 2 rings (SSSR count). The average molecular weight is 259 g/mol. The molecule has 1 aromatic carbocycles. The predicted molar refractivity (Wildman–Crippen MR) is 76.3 cm³/mol. The van der Waals surface area contributed by atoms with E-state index in [1.54, 1.807) is 6.20 Å². The van der Waals surface area contributed by atoms with Crippen LogP contribution in [0.25, 0.3) is 0 Å². The third-order valence-corrected chi connectivity index (χ3v) is 3.05. The summed E-state index contributed by atoms with van der Waals surface area (Å²) in [6, 6.07) is 8.43. The van der Waals surface area contributed by atoms with Crippen LogP contribution in [-0.2, 0) is 6.42 Å². The summed E-state index contributed by atoms with van der Waals surface area (Å²) in [6.45, 7) is 5.73. The molecule has 0 aliphatic heterocycles. The Morgan fingerprint density at radius 3 is 2.95 bits per heavy atom. The molecule has 4 heteroatoms. The minimum Gasteiger partial charge on any atom is -0.494 e. The van der Waals surface area contributed by atoms with Crippen molar-refractivity contribution >= 4 is 0 Å². The van der Waals surface area contributed by atoms with E-state index in [4.69, 9.17) is 4.74 Å². The van der Waals surface area contributed by atoms with Crippen molar-refractivity contribution < 1.29 is 4.74 Å². The number of nitrogens with zero attached hydrogens (tertiary/aromatic N) is 1. The number of H-pyrrole nitrogens is 1. The Bertz CT molecular complexity index is 482. The Balaban J connectivity index is 1.90. The fourth-order valence-corrected chi connectivity index (χ4v) is 2.08. The molecule has 4 nitrogen and oxygen atoms in total. The Morgan fingerprint density at radius 2 is 2.21 bits per heavy atom. The molecule has 0 saturated heterocycles. The lowest BCUT2D eigenvalue weighted by molar-refractivity contribution is 0.332. The fraction of sp³-hybridized carbons (Fsp3) is 0.400. The number of benzene rings is 1. The number of imidazole rings is 1. The highest BCUT2D eigenvalue weighted by molar-refractivity contribution is 5.35. The standard InChI is InChI=1S/C15H21N3O/c1-3-19-14-7-5-4-6-13(14)12(2)16-9-8-15-17-10-11-18-15/h4-7,10-12,16H,3,8-9H2,1-2H3,(H,17,18). The molecule has 1 atom stereocenters. The molecule has 102 valence electrons. The molecule has 0 aliphatic rings. The Morgan fingerprint density at radius 1 is 1.37 bits per heavy atom. The van der Waals surface area contributed by atoms with Crippen molar-refractivity contribution in [2.75, 3.05) is 13.2 Å². The van der Waals surface area contributed by atoms with Crippen LogP contribution in [0, 0.1) is 0 Å². The molecule has 0 amide bonds. The van der Waals surface area contributed by atoms with Gasteiger partial charge < -0.3 is 15.0 Å². The normalized spacial score (nSPS) is 12.3. The molecule has 2 N–H and O–H groups in total. The third-order valence-electron chi connectivity index (χ3n) is 3.05. The molecule has 0 bridgehead atoms. The van der Waals surface area contributed by atoms with Crippen molar-refractivity contribution in [1.29, 1.82) is 0 Å². The average Bonchev–Trinajstić information content (AvgIpc) is 2.93. The smallest absolute Gasteiger partial charge is 0.124 e. The van der Waals surface area contributed by atoms with Gasteiger partial charge in [-0.3, -0.25) is 0 Å². The SMILES string of the molecule is CCOc1ccccc1C(C)NCCc1ncc[nH]1. The van der Waals surface area contributed by atoms with Gasteiger partial charge in [0.15, 0.2) is 0 Å². The molecule has 1 unspecified atom stereocenters. The number of aromatic amines is 1. The number of ether oxygens (including phenoxy) is 1. The number of aromatic nitrogens is 2. The zero-order chi connectivity index (χ0) is 13.5. The van der Waals surface area contributed by atoms with E-state index in [0.29, 0.717) is 6.61 Å². The number of hydrogen-bond donors (Lipinski definition) is 2. The van der Waals surface area contributed by atoms with Crippen LogP contribution in [0.5, 0.6) is 5.75 Å². The van der Waals surface area contributed by atoms with E-state index in [-0.39, 0.29) is 6.04 Å². The van der Waals surface area contributed by atoms with Gasteiger partial charge in [-0.05, 0) is 19.9 Å². The third kappa shape index (κ3) is 3.83. The van der Waals surface area contributed by atoms with E-state index in [2.05, 4.69) is 28.3 Å². The van der Waals surface area contributed by atoms with Crippen LogP contribution in [0.2, 0.25) is 0 Å². The van der Waals surface area contributed by atoms with E-state index in [1.165, 1.54) is 5.56 Å². The second kappa shape index (κ2) is 6.95. The second-order valence-electron chi connectivity index (χ2n) is 4.43. The highest BCUT2D eigenvalue weighted by Gasteiger charge is 2.10. The van der Waals surface area contributed by atoms with Crippen LogP contribution in [0.3, 0.4) is 0 Å². The first-order valence-corrected chi connectivity index (χ1v) is 6.74. The van der Waals surface area contributed by atoms with Crippen LogP contribution in [0.15, 0.2) is 36.7 Å². The summed E-state index contributed by atoms with van der Waals surface area (Å²) in [5.41, 5.74) is 1.20. The van der Waals surface area contributed by atoms with Gasteiger partial charge >= 0.3 is 0 Å². The van der Waals surface area contributed by atoms with Crippen molar-refractivity contribution in [2.45, 2.75) is 26.3 Å². The highest BCUT2D eigenvalue weighted by Crippen LogP contribution is 2.24. The minimum absolute atomic E-state index is 0.262. The number of hydrogen-bond acceptors (Lipinski definition) is 3. The van der Waals surface area contributed by atoms with Crippen molar-refractivity contribution in [1.82, 2.24) is 15.3 Å². The molecular weight excluding hydrogens is 238 g/mol. The number of nitrogens with one attached hydrogen (secondary N) is 2. The van der Waals surface area contributed by atoms with Gasteiger partial charge in [0.2, 0.25) is 0 Å². The quantitative estimate of drug-likeness (QED) is 0.803. The summed E-state index contributed by atoms with van der Waals surface area (Å²) in [6.07, 6.45) is 4.53. The minimum atomic E-state index is 0.262. The van der Waals surface area contributed by atoms with Crippen molar-refractivity contribution in [3.63, 3.8) is 0 Å². The molecule has 0 fully saturated rings. The lowest BCUT2D eigenvalue weighted by Gasteiger charge is -2.17. The van der Waals surface area contributed by atoms with Crippen molar-refractivity contribution in [3.8, 4) is 5.75 Å². The molecule has 19 heavy (non-hydrogen) atoms. The maximum atomic E-state index is 5.65. The van der Waals surface area contributed by atoms with Crippen molar-refractivity contribution in [2.24, 2.45) is 0 Å². The Labute approximate surface area is 114 Å². The first kappa shape index (κ1) is 13.6. The highest BCUT2D eigenvalue weighted by atomic mass is 16.5. The summed E-state index contributed by atoms with van der Waals surface area (Å²) in [5.74, 6) is 1.97. The van der Waals surface area contributed by atoms with E-state index in [0.717, 1.165) is 24.5 Å². The van der Waals surface area contributed by atoms with Gasteiger partial charge in [-0.2, -0.15) is 0 Å². The van der Waals surface area contributed by atoms with Gasteiger partial charge in [-0.15, -0.1) is 0 Å². The molecule has 0 aliphatic carbocycles. The molecule has 1 aromatic heterocycles. The Hall–Kier alpha value is -1.81. The summed E-state index contributed by atoms with van der Waals surface area (Å²) in [5, 5.41) is 3.50. The maximum Gasteiger partial charge on any atom is 0.124 e. The lowest BCUT2D eigenvalue weighted by Crippen LogP contribution is -2.22. The summed E-state index contributed by atoms with van der Waals surface area (Å²) in [4.78, 5) is 7.32. The van der Waals surface area contributed by atoms with Gasteiger partial charge in [0.05, 0.1) is 6.61 Å². The van der Waals surface area contributed by atoms with Gasteiger partial charge in [-0.25, -0.2) is 4.98 Å². The largest absolute Gasteiger partial charge is 0.494 e. The van der Waals surface area contributed by atoms with E-state index in [9.17, 15) is 0 Å². The molecule has 2 aromatic rings. The first-order chi connectivity index (χ1) is 9.31. The van der Waals surface area contributed by atoms with Crippen LogP contribution < -0.4 is 10.1 Å². The molecular formula is C15H21N3O. The maximum absolute atomic E-state index is 5.65. The monoisotopic (exact) mass is 259 g/mol. The van der Waals surface area contributed by atoms with Gasteiger partial charge in [0.1, 0.15) is 11.6 Å². The molecule has 0 radical (unpaired) electrons. The van der Waals surface area contributed by atoms with E-state index in [1.807, 2.05) is 31.3 Å². The van der Waals surface area contributed by atoms with E-state index >= 15 is 0 Å². The van der Waals surface area contributed by atoms with Crippen LogP contribution >= 0.6 is 0 Å². The van der Waals surface area contributed by atoms with Crippen LogP contribution in [-0.4, -0.2) is 23.1 Å². The fourth-order valence-electron chi connectivity index (χ4n) is 2.08. The number of para-hydroxylation sites is 1. The van der Waals surface area contributed by atoms with Crippen LogP contribution in [0.1, 0.15) is 31.3 Å². The molecule has 0 spiro atoms. The number of rotatable bonds is 7. The molecule has 1 heterocycles.